The Morgan fingerprint density at radius 2 is 1.17 bits per heavy atom. The summed E-state index contributed by atoms with van der Waals surface area (Å²) in [5.41, 5.74) is 0.330. The van der Waals surface area contributed by atoms with Crippen LogP contribution in [0.2, 0.25) is 0 Å². The van der Waals surface area contributed by atoms with Gasteiger partial charge in [-0.2, -0.15) is 0 Å². The highest BCUT2D eigenvalue weighted by Gasteiger charge is 2.31. The maximum absolute atomic E-state index is 14.1. The first-order valence-corrected chi connectivity index (χ1v) is 8.49. The number of phenolic OH excluding ortho intramolecular Hbond substituents is 2. The van der Waals surface area contributed by atoms with Crippen molar-refractivity contribution in [1.82, 2.24) is 0 Å². The molecule has 2 aromatic rings. The second-order valence-electron chi connectivity index (χ2n) is 5.32. The van der Waals surface area contributed by atoms with E-state index in [1.165, 1.54) is 24.3 Å². The zero-order valence-corrected chi connectivity index (χ0v) is 12.6. The highest BCUT2D eigenvalue weighted by atomic mass is 32.2. The molecule has 7 heteroatoms. The summed E-state index contributed by atoms with van der Waals surface area (Å²) in [5.74, 6) is -2.97. The van der Waals surface area contributed by atoms with E-state index in [4.69, 9.17) is 0 Å². The number of hydrogen-bond acceptors (Lipinski definition) is 4. The summed E-state index contributed by atoms with van der Waals surface area (Å²) in [4.78, 5) is 0. The van der Waals surface area contributed by atoms with Crippen LogP contribution in [0.1, 0.15) is 11.1 Å². The molecule has 0 spiro atoms. The third-order valence-electron chi connectivity index (χ3n) is 3.65. The molecule has 0 atom stereocenters. The molecule has 0 aliphatic carbocycles. The lowest BCUT2D eigenvalue weighted by Gasteiger charge is -2.09. The standard InChI is InChI=1S/C16H12F2O4S/c17-15-5-9(19)1-3-11(15)13-7-23(21,22)8-14(13)12-4-2-10(20)6-16(12)18/h1-6,19-20H,7-8H2. The van der Waals surface area contributed by atoms with E-state index in [1.807, 2.05) is 0 Å². The highest BCUT2D eigenvalue weighted by molar-refractivity contribution is 7.92. The quantitative estimate of drug-likeness (QED) is 0.883. The molecule has 0 radical (unpaired) electrons. The average Bonchev–Trinajstić information content (AvgIpc) is 2.74. The maximum atomic E-state index is 14.1. The van der Waals surface area contributed by atoms with Crippen LogP contribution in [0, 0.1) is 11.6 Å². The van der Waals surface area contributed by atoms with Crippen LogP contribution in [0.3, 0.4) is 0 Å². The smallest absolute Gasteiger partial charge is 0.158 e. The Bertz CT molecular complexity index is 864. The number of sulfone groups is 1. The summed E-state index contributed by atoms with van der Waals surface area (Å²) in [6.45, 7) is 0. The van der Waals surface area contributed by atoms with Crippen molar-refractivity contribution >= 4 is 21.0 Å². The normalized spacial score (nSPS) is 16.8. The van der Waals surface area contributed by atoms with Crippen LogP contribution in [0.15, 0.2) is 36.4 Å². The number of hydrogen-bond donors (Lipinski definition) is 2. The fraction of sp³-hybridized carbons (Fsp3) is 0.125. The number of aromatic hydroxyl groups is 2. The van der Waals surface area contributed by atoms with Crippen molar-refractivity contribution in [3.63, 3.8) is 0 Å². The number of phenols is 2. The second kappa shape index (κ2) is 5.34. The van der Waals surface area contributed by atoms with Crippen molar-refractivity contribution in [3.8, 4) is 11.5 Å². The predicted molar refractivity (Wildman–Crippen MR) is 81.6 cm³/mol. The first-order valence-electron chi connectivity index (χ1n) is 6.67. The lowest BCUT2D eigenvalue weighted by Crippen LogP contribution is -2.04. The number of benzene rings is 2. The molecular formula is C16H12F2O4S. The van der Waals surface area contributed by atoms with Crippen molar-refractivity contribution in [2.45, 2.75) is 0 Å². The third kappa shape index (κ3) is 2.92. The first kappa shape index (κ1) is 15.5. The van der Waals surface area contributed by atoms with Gasteiger partial charge >= 0.3 is 0 Å². The Labute approximate surface area is 131 Å². The van der Waals surface area contributed by atoms with Gasteiger partial charge in [0, 0.05) is 23.3 Å². The minimum atomic E-state index is -3.53. The van der Waals surface area contributed by atoms with Gasteiger partial charge in [-0.1, -0.05) is 0 Å². The van der Waals surface area contributed by atoms with Gasteiger partial charge in [-0.25, -0.2) is 17.2 Å². The Balaban J connectivity index is 2.23. The fourth-order valence-corrected chi connectivity index (χ4v) is 4.28. The molecule has 1 heterocycles. The highest BCUT2D eigenvalue weighted by Crippen LogP contribution is 2.38. The van der Waals surface area contributed by atoms with E-state index < -0.39 is 33.0 Å². The van der Waals surface area contributed by atoms with Gasteiger partial charge in [0.05, 0.1) is 11.5 Å². The van der Waals surface area contributed by atoms with Crippen LogP contribution in [0.4, 0.5) is 8.78 Å². The molecule has 0 fully saturated rings. The molecule has 1 aliphatic heterocycles. The molecule has 0 aromatic heterocycles. The first-order chi connectivity index (χ1) is 10.8. The van der Waals surface area contributed by atoms with Gasteiger partial charge in [-0.3, -0.25) is 0 Å². The monoisotopic (exact) mass is 338 g/mol. The zero-order chi connectivity index (χ0) is 16.8. The van der Waals surface area contributed by atoms with Gasteiger partial charge in [-0.05, 0) is 35.4 Å². The van der Waals surface area contributed by atoms with Crippen LogP contribution < -0.4 is 0 Å². The molecular weight excluding hydrogens is 326 g/mol. The molecule has 0 unspecified atom stereocenters. The summed E-state index contributed by atoms with van der Waals surface area (Å²) in [7, 11) is -3.53. The van der Waals surface area contributed by atoms with Gasteiger partial charge in [0.15, 0.2) is 9.84 Å². The molecule has 2 N–H and O–H groups in total. The lowest BCUT2D eigenvalue weighted by molar-refractivity contribution is 0.468. The van der Waals surface area contributed by atoms with Gasteiger partial charge in [0.25, 0.3) is 0 Å². The van der Waals surface area contributed by atoms with E-state index in [-0.39, 0.29) is 33.8 Å². The van der Waals surface area contributed by atoms with Crippen LogP contribution in [-0.4, -0.2) is 30.1 Å². The van der Waals surface area contributed by atoms with Crippen LogP contribution >= 0.6 is 0 Å². The summed E-state index contributed by atoms with van der Waals surface area (Å²) >= 11 is 0. The molecule has 0 saturated heterocycles. The molecule has 1 aliphatic rings. The number of halogens is 2. The summed E-state index contributed by atoms with van der Waals surface area (Å²) in [6.07, 6.45) is 0. The van der Waals surface area contributed by atoms with Crippen LogP contribution in [0.25, 0.3) is 11.1 Å². The van der Waals surface area contributed by atoms with E-state index in [1.54, 1.807) is 0 Å². The van der Waals surface area contributed by atoms with Crippen LogP contribution in [-0.2, 0) is 9.84 Å². The minimum absolute atomic E-state index is 0.00588. The molecule has 3 rings (SSSR count). The molecule has 23 heavy (non-hydrogen) atoms. The summed E-state index contributed by atoms with van der Waals surface area (Å²) in [6, 6.07) is 6.75. The third-order valence-corrected chi connectivity index (χ3v) is 5.11. The largest absolute Gasteiger partial charge is 0.508 e. The zero-order valence-electron chi connectivity index (χ0n) is 11.8. The van der Waals surface area contributed by atoms with Crippen molar-refractivity contribution in [3.05, 3.63) is 59.2 Å². The van der Waals surface area contributed by atoms with Gasteiger partial charge in [0.2, 0.25) is 0 Å². The number of rotatable bonds is 2. The van der Waals surface area contributed by atoms with E-state index in [0.717, 1.165) is 12.1 Å². The summed E-state index contributed by atoms with van der Waals surface area (Å²) < 4.78 is 52.1. The van der Waals surface area contributed by atoms with Crippen molar-refractivity contribution < 1.29 is 27.4 Å². The molecule has 0 bridgehead atoms. The Kier molecular flexibility index (Phi) is 3.60. The van der Waals surface area contributed by atoms with Crippen LogP contribution in [0.5, 0.6) is 11.5 Å². The molecule has 2 aromatic carbocycles. The maximum Gasteiger partial charge on any atom is 0.158 e. The van der Waals surface area contributed by atoms with Gasteiger partial charge in [-0.15, -0.1) is 0 Å². The molecule has 120 valence electrons. The second-order valence-corrected chi connectivity index (χ2v) is 7.38. The molecule has 0 saturated carbocycles. The van der Waals surface area contributed by atoms with E-state index in [0.29, 0.717) is 0 Å². The van der Waals surface area contributed by atoms with Crippen molar-refractivity contribution in [2.75, 3.05) is 11.5 Å². The predicted octanol–water partition coefficient (Wildman–Crippen LogP) is 2.72. The Morgan fingerprint density at radius 3 is 1.52 bits per heavy atom. The summed E-state index contributed by atoms with van der Waals surface area (Å²) in [5, 5.41) is 18.6. The minimum Gasteiger partial charge on any atom is -0.508 e. The Morgan fingerprint density at radius 1 is 0.783 bits per heavy atom. The SMILES string of the molecule is O=S1(=O)CC(c2ccc(O)cc2F)=C(c2ccc(O)cc2F)C1. The van der Waals surface area contributed by atoms with Gasteiger partial charge < -0.3 is 10.2 Å². The van der Waals surface area contributed by atoms with Gasteiger partial charge in [0.1, 0.15) is 23.1 Å². The molecule has 0 amide bonds. The van der Waals surface area contributed by atoms with E-state index >= 15 is 0 Å². The van der Waals surface area contributed by atoms with Crippen molar-refractivity contribution in [2.24, 2.45) is 0 Å². The fourth-order valence-electron chi connectivity index (χ4n) is 2.64. The van der Waals surface area contributed by atoms with E-state index in [9.17, 15) is 27.4 Å². The Hall–Kier alpha value is -2.41. The molecule has 4 nitrogen and oxygen atoms in total. The van der Waals surface area contributed by atoms with E-state index in [2.05, 4.69) is 0 Å². The average molecular weight is 338 g/mol. The lowest BCUT2D eigenvalue weighted by atomic mass is 9.96. The van der Waals surface area contributed by atoms with Crippen molar-refractivity contribution in [1.29, 1.82) is 0 Å². The topological polar surface area (TPSA) is 74.6 Å².